The molecule has 0 N–H and O–H groups in total. The van der Waals surface area contributed by atoms with Crippen LogP contribution in [0.5, 0.6) is 0 Å². The molecule has 5 nitrogen and oxygen atoms in total. The summed E-state index contributed by atoms with van der Waals surface area (Å²) in [5, 5.41) is 0. The predicted octanol–water partition coefficient (Wildman–Crippen LogP) is 2.70. The fourth-order valence-electron chi connectivity index (χ4n) is 3.25. The molecular weight excluding hydrogens is 282 g/mol. The fraction of sp³-hybridized carbons (Fsp3) is 0.706. The van der Waals surface area contributed by atoms with Crippen molar-refractivity contribution in [2.24, 2.45) is 0 Å². The second-order valence-electron chi connectivity index (χ2n) is 5.99. The lowest BCUT2D eigenvalue weighted by atomic mass is 10.1. The summed E-state index contributed by atoms with van der Waals surface area (Å²) in [6, 6.07) is 4.07. The molecule has 122 valence electrons. The van der Waals surface area contributed by atoms with Crippen LogP contribution >= 0.6 is 0 Å². The maximum atomic E-state index is 12.8. The molecule has 0 radical (unpaired) electrons. The number of likely N-dealkylation sites (tertiary alicyclic amines) is 1. The minimum atomic E-state index is -0.463. The Kier molecular flexibility index (Phi) is 5.16. The first kappa shape index (κ1) is 15.6. The number of ether oxygens (including phenoxy) is 2. The molecule has 0 aliphatic carbocycles. The molecule has 1 aromatic heterocycles. The number of amides is 1. The molecule has 2 fully saturated rings. The largest absolute Gasteiger partial charge is 0.464 e. The van der Waals surface area contributed by atoms with Gasteiger partial charge in [0.1, 0.15) is 11.5 Å². The number of hydrogen-bond acceptors (Lipinski definition) is 4. The van der Waals surface area contributed by atoms with E-state index in [0.717, 1.165) is 50.2 Å². The molecule has 0 spiro atoms. The highest BCUT2D eigenvalue weighted by Gasteiger charge is 2.34. The van der Waals surface area contributed by atoms with Crippen LogP contribution in [0, 0.1) is 0 Å². The van der Waals surface area contributed by atoms with Gasteiger partial charge in [-0.25, -0.2) is 0 Å². The topological polar surface area (TPSA) is 51.9 Å². The van der Waals surface area contributed by atoms with Crippen LogP contribution in [0.1, 0.15) is 50.2 Å². The van der Waals surface area contributed by atoms with Gasteiger partial charge in [-0.1, -0.05) is 19.8 Å². The zero-order valence-corrected chi connectivity index (χ0v) is 13.3. The van der Waals surface area contributed by atoms with Crippen LogP contribution in [0.4, 0.5) is 0 Å². The molecule has 0 aromatic carbocycles. The monoisotopic (exact) mass is 307 g/mol. The van der Waals surface area contributed by atoms with Crippen molar-refractivity contribution in [3.8, 4) is 0 Å². The zero-order valence-electron chi connectivity index (χ0n) is 13.3. The average Bonchev–Trinajstić information content (AvgIpc) is 2.92. The van der Waals surface area contributed by atoms with Crippen molar-refractivity contribution in [2.45, 2.75) is 51.2 Å². The standard InChI is InChI=1S/C17H25NO4/c1-2-13-7-8-15(22-13)14-6-4-3-5-9-18(14)17(19)16-12-20-10-11-21-16/h7-8,14,16H,2-6,9-12H2,1H3. The number of carbonyl (C=O) groups excluding carboxylic acids is 1. The SMILES string of the molecule is CCc1ccc(C2CCCCCN2C(=O)C2COCCO2)o1. The van der Waals surface area contributed by atoms with Crippen LogP contribution in [0.3, 0.4) is 0 Å². The molecule has 1 aromatic rings. The molecule has 3 heterocycles. The van der Waals surface area contributed by atoms with Crippen LogP contribution in [0.25, 0.3) is 0 Å². The number of hydrogen-bond donors (Lipinski definition) is 0. The van der Waals surface area contributed by atoms with Gasteiger partial charge in [0.05, 0.1) is 25.9 Å². The van der Waals surface area contributed by atoms with Crippen molar-refractivity contribution < 1.29 is 18.7 Å². The molecule has 5 heteroatoms. The van der Waals surface area contributed by atoms with E-state index in [9.17, 15) is 4.79 Å². The maximum absolute atomic E-state index is 12.8. The molecule has 2 saturated heterocycles. The van der Waals surface area contributed by atoms with Gasteiger partial charge in [0, 0.05) is 13.0 Å². The van der Waals surface area contributed by atoms with Crippen molar-refractivity contribution in [3.63, 3.8) is 0 Å². The molecule has 22 heavy (non-hydrogen) atoms. The van der Waals surface area contributed by atoms with Crippen molar-refractivity contribution in [1.82, 2.24) is 4.90 Å². The molecule has 2 aliphatic heterocycles. The van der Waals surface area contributed by atoms with E-state index in [2.05, 4.69) is 6.92 Å². The highest BCUT2D eigenvalue weighted by molar-refractivity contribution is 5.81. The number of nitrogens with zero attached hydrogens (tertiary/aromatic N) is 1. The second-order valence-corrected chi connectivity index (χ2v) is 5.99. The lowest BCUT2D eigenvalue weighted by Crippen LogP contribution is -2.46. The van der Waals surface area contributed by atoms with Crippen LogP contribution < -0.4 is 0 Å². The van der Waals surface area contributed by atoms with Gasteiger partial charge in [-0.2, -0.15) is 0 Å². The number of rotatable bonds is 3. The molecular formula is C17H25NO4. The second kappa shape index (κ2) is 7.29. The van der Waals surface area contributed by atoms with E-state index < -0.39 is 6.10 Å². The minimum Gasteiger partial charge on any atom is -0.464 e. The summed E-state index contributed by atoms with van der Waals surface area (Å²) in [6.45, 7) is 4.28. The van der Waals surface area contributed by atoms with Crippen molar-refractivity contribution >= 4 is 5.91 Å². The van der Waals surface area contributed by atoms with Gasteiger partial charge in [0.15, 0.2) is 6.10 Å². The van der Waals surface area contributed by atoms with Gasteiger partial charge in [-0.05, 0) is 25.0 Å². The predicted molar refractivity (Wildman–Crippen MR) is 81.6 cm³/mol. The minimum absolute atomic E-state index is 0.0285. The van der Waals surface area contributed by atoms with Crippen LogP contribution in [-0.2, 0) is 20.7 Å². The summed E-state index contributed by atoms with van der Waals surface area (Å²) in [5.41, 5.74) is 0. The first-order valence-corrected chi connectivity index (χ1v) is 8.38. The summed E-state index contributed by atoms with van der Waals surface area (Å²) in [7, 11) is 0. The Morgan fingerprint density at radius 1 is 1.27 bits per heavy atom. The fourth-order valence-corrected chi connectivity index (χ4v) is 3.25. The lowest BCUT2D eigenvalue weighted by Gasteiger charge is -2.33. The van der Waals surface area contributed by atoms with E-state index in [1.807, 2.05) is 17.0 Å². The van der Waals surface area contributed by atoms with Crippen LogP contribution in [0.2, 0.25) is 0 Å². The summed E-state index contributed by atoms with van der Waals surface area (Å²) in [4.78, 5) is 14.8. The number of carbonyl (C=O) groups is 1. The Balaban J connectivity index is 1.79. The third-order valence-electron chi connectivity index (χ3n) is 4.49. The Bertz CT molecular complexity index is 493. The van der Waals surface area contributed by atoms with Gasteiger partial charge >= 0.3 is 0 Å². The summed E-state index contributed by atoms with van der Waals surface area (Å²) < 4.78 is 16.9. The summed E-state index contributed by atoms with van der Waals surface area (Å²) >= 11 is 0. The van der Waals surface area contributed by atoms with E-state index >= 15 is 0 Å². The highest BCUT2D eigenvalue weighted by atomic mass is 16.6. The highest BCUT2D eigenvalue weighted by Crippen LogP contribution is 2.32. The summed E-state index contributed by atoms with van der Waals surface area (Å²) in [5.74, 6) is 1.92. The van der Waals surface area contributed by atoms with E-state index in [-0.39, 0.29) is 11.9 Å². The normalized spacial score (nSPS) is 26.7. The molecule has 3 rings (SSSR count). The van der Waals surface area contributed by atoms with Crippen molar-refractivity contribution in [3.05, 3.63) is 23.7 Å². The Morgan fingerprint density at radius 2 is 2.18 bits per heavy atom. The smallest absolute Gasteiger partial charge is 0.254 e. The average molecular weight is 307 g/mol. The molecule has 2 atom stereocenters. The molecule has 0 bridgehead atoms. The van der Waals surface area contributed by atoms with E-state index in [1.54, 1.807) is 0 Å². The summed E-state index contributed by atoms with van der Waals surface area (Å²) in [6.07, 6.45) is 4.69. The Labute approximate surface area is 131 Å². The van der Waals surface area contributed by atoms with Gasteiger partial charge in [-0.3, -0.25) is 4.79 Å². The van der Waals surface area contributed by atoms with Gasteiger partial charge in [0.25, 0.3) is 5.91 Å². The van der Waals surface area contributed by atoms with Gasteiger partial charge < -0.3 is 18.8 Å². The van der Waals surface area contributed by atoms with Gasteiger partial charge in [0.2, 0.25) is 0 Å². The number of aryl methyl sites for hydroxylation is 1. The quantitative estimate of drug-likeness (QED) is 0.861. The third kappa shape index (κ3) is 3.36. The van der Waals surface area contributed by atoms with E-state index in [0.29, 0.717) is 19.8 Å². The zero-order chi connectivity index (χ0) is 15.4. The molecule has 2 unspecified atom stereocenters. The first-order chi connectivity index (χ1) is 10.8. The maximum Gasteiger partial charge on any atom is 0.254 e. The molecule has 0 saturated carbocycles. The van der Waals surface area contributed by atoms with Crippen molar-refractivity contribution in [1.29, 1.82) is 0 Å². The van der Waals surface area contributed by atoms with Gasteiger partial charge in [-0.15, -0.1) is 0 Å². The lowest BCUT2D eigenvalue weighted by molar-refractivity contribution is -0.160. The first-order valence-electron chi connectivity index (χ1n) is 8.38. The van der Waals surface area contributed by atoms with E-state index in [4.69, 9.17) is 13.9 Å². The van der Waals surface area contributed by atoms with Crippen LogP contribution in [0.15, 0.2) is 16.5 Å². The Hall–Kier alpha value is -1.33. The van der Waals surface area contributed by atoms with Crippen LogP contribution in [-0.4, -0.2) is 43.3 Å². The molecule has 1 amide bonds. The van der Waals surface area contributed by atoms with Crippen molar-refractivity contribution in [2.75, 3.05) is 26.4 Å². The number of furan rings is 1. The van der Waals surface area contributed by atoms with E-state index in [1.165, 1.54) is 0 Å². The Morgan fingerprint density at radius 3 is 2.91 bits per heavy atom. The molecule has 2 aliphatic rings. The third-order valence-corrected chi connectivity index (χ3v) is 4.49.